The molecule has 3 aromatic heterocycles. The minimum Gasteiger partial charge on any atom is -0.337 e. The first-order valence-corrected chi connectivity index (χ1v) is 12.6. The Morgan fingerprint density at radius 3 is 2.53 bits per heavy atom. The van der Waals surface area contributed by atoms with Crippen molar-refractivity contribution >= 4 is 50.6 Å². The second-order valence-corrected chi connectivity index (χ2v) is 10.7. The highest BCUT2D eigenvalue weighted by Gasteiger charge is 2.27. The number of aromatic nitrogens is 2. The highest BCUT2D eigenvalue weighted by molar-refractivity contribution is 8.00. The molecule has 5 nitrogen and oxygen atoms in total. The maximum absolute atomic E-state index is 13.4. The molecular weight excluding hydrogens is 434 g/mol. The second kappa shape index (κ2) is 9.49. The van der Waals surface area contributed by atoms with Crippen LogP contribution in [-0.4, -0.2) is 37.7 Å². The fraction of sp³-hybridized carbons (Fsp3) is 0.409. The van der Waals surface area contributed by atoms with E-state index in [9.17, 15) is 9.59 Å². The fourth-order valence-corrected chi connectivity index (χ4v) is 6.30. The highest BCUT2D eigenvalue weighted by atomic mass is 32.2. The van der Waals surface area contributed by atoms with Crippen molar-refractivity contribution in [2.45, 2.75) is 63.7 Å². The quantitative estimate of drug-likeness (QED) is 0.253. The van der Waals surface area contributed by atoms with E-state index in [1.54, 1.807) is 22.0 Å². The molecule has 0 aliphatic carbocycles. The summed E-state index contributed by atoms with van der Waals surface area (Å²) in [7, 11) is 0. The standard InChI is InChI=1S/C22H27N3O2S3/c1-7-10-24-21(27)18-16(17-9-8-11-28-17)12-29-19(18)23-22(24)30-15(6)20(26)25(13(2)3)14(4)5/h7-9,11-15H,1,10H2,2-6H3. The van der Waals surface area contributed by atoms with Gasteiger partial charge in [0.15, 0.2) is 5.16 Å². The Kier molecular flexibility index (Phi) is 7.21. The Labute approximate surface area is 189 Å². The fourth-order valence-electron chi connectivity index (χ4n) is 3.52. The van der Waals surface area contributed by atoms with Gasteiger partial charge in [-0.25, -0.2) is 4.98 Å². The zero-order valence-electron chi connectivity index (χ0n) is 17.9. The lowest BCUT2D eigenvalue weighted by Gasteiger charge is -2.32. The molecule has 0 N–H and O–H groups in total. The second-order valence-electron chi connectivity index (χ2n) is 7.60. The van der Waals surface area contributed by atoms with Gasteiger partial charge in [0.1, 0.15) is 4.83 Å². The SMILES string of the molecule is C=CCn1c(SC(C)C(=O)N(C(C)C)C(C)C)nc2scc(-c3cccs3)c2c1=O. The topological polar surface area (TPSA) is 55.2 Å². The Morgan fingerprint density at radius 1 is 1.27 bits per heavy atom. The number of hydrogen-bond donors (Lipinski definition) is 0. The molecule has 1 unspecified atom stereocenters. The molecule has 0 bridgehead atoms. The van der Waals surface area contributed by atoms with Crippen LogP contribution in [0.25, 0.3) is 20.7 Å². The van der Waals surface area contributed by atoms with Crippen LogP contribution in [0, 0.1) is 0 Å². The monoisotopic (exact) mass is 461 g/mol. The molecule has 0 aliphatic rings. The first kappa shape index (κ1) is 22.8. The van der Waals surface area contributed by atoms with E-state index in [2.05, 4.69) is 6.58 Å². The number of hydrogen-bond acceptors (Lipinski definition) is 6. The van der Waals surface area contributed by atoms with Gasteiger partial charge in [-0.15, -0.1) is 29.3 Å². The largest absolute Gasteiger partial charge is 0.337 e. The number of rotatable bonds is 8. The molecule has 0 fully saturated rings. The average molecular weight is 462 g/mol. The number of nitrogens with zero attached hydrogens (tertiary/aromatic N) is 3. The van der Waals surface area contributed by atoms with E-state index in [0.29, 0.717) is 21.9 Å². The molecule has 8 heteroatoms. The maximum Gasteiger partial charge on any atom is 0.263 e. The Bertz CT molecular complexity index is 1090. The van der Waals surface area contributed by atoms with Crippen LogP contribution in [0.1, 0.15) is 34.6 Å². The van der Waals surface area contributed by atoms with Crippen molar-refractivity contribution in [2.24, 2.45) is 0 Å². The van der Waals surface area contributed by atoms with Crippen molar-refractivity contribution in [3.05, 3.63) is 45.9 Å². The van der Waals surface area contributed by atoms with Gasteiger partial charge in [-0.3, -0.25) is 14.2 Å². The maximum atomic E-state index is 13.4. The van der Waals surface area contributed by atoms with Gasteiger partial charge in [-0.05, 0) is 46.1 Å². The molecule has 3 rings (SSSR count). The minimum atomic E-state index is -0.355. The number of carbonyl (C=O) groups excluding carboxylic acids is 1. The molecule has 1 atom stereocenters. The third-order valence-electron chi connectivity index (χ3n) is 4.75. The Hall–Kier alpha value is -1.90. The van der Waals surface area contributed by atoms with Gasteiger partial charge < -0.3 is 4.90 Å². The molecule has 160 valence electrons. The predicted molar refractivity (Wildman–Crippen MR) is 130 cm³/mol. The summed E-state index contributed by atoms with van der Waals surface area (Å²) in [6.07, 6.45) is 1.69. The van der Waals surface area contributed by atoms with Gasteiger partial charge in [0.25, 0.3) is 5.56 Å². The van der Waals surface area contributed by atoms with E-state index < -0.39 is 0 Å². The number of thioether (sulfide) groups is 1. The highest BCUT2D eigenvalue weighted by Crippen LogP contribution is 2.35. The molecule has 0 saturated heterocycles. The summed E-state index contributed by atoms with van der Waals surface area (Å²) in [6.45, 7) is 14.1. The van der Waals surface area contributed by atoms with Crippen molar-refractivity contribution in [2.75, 3.05) is 0 Å². The molecule has 0 saturated carbocycles. The number of fused-ring (bicyclic) bond motifs is 1. The first-order chi connectivity index (χ1) is 14.3. The van der Waals surface area contributed by atoms with Crippen LogP contribution in [0.5, 0.6) is 0 Å². The van der Waals surface area contributed by atoms with Crippen LogP contribution in [0.15, 0.2) is 45.5 Å². The van der Waals surface area contributed by atoms with Crippen molar-refractivity contribution < 1.29 is 4.79 Å². The summed E-state index contributed by atoms with van der Waals surface area (Å²) in [4.78, 5) is 34.9. The van der Waals surface area contributed by atoms with E-state index in [-0.39, 0.29) is 28.8 Å². The number of carbonyl (C=O) groups is 1. The third kappa shape index (κ3) is 4.40. The summed E-state index contributed by atoms with van der Waals surface area (Å²) in [5.41, 5.74) is 0.836. The number of amides is 1. The van der Waals surface area contributed by atoms with Gasteiger partial charge in [-0.1, -0.05) is 23.9 Å². The zero-order chi connectivity index (χ0) is 22.0. The van der Waals surface area contributed by atoms with Crippen LogP contribution in [0.3, 0.4) is 0 Å². The van der Waals surface area contributed by atoms with Crippen LogP contribution < -0.4 is 5.56 Å². The number of thiophene rings is 2. The lowest BCUT2D eigenvalue weighted by molar-refractivity contribution is -0.133. The molecule has 3 heterocycles. The van der Waals surface area contributed by atoms with Crippen molar-refractivity contribution in [1.29, 1.82) is 0 Å². The summed E-state index contributed by atoms with van der Waals surface area (Å²) in [5.74, 6) is 0.0509. The molecular formula is C22H27N3O2S3. The van der Waals surface area contributed by atoms with Gasteiger partial charge in [0, 0.05) is 34.4 Å². The predicted octanol–water partition coefficient (Wildman–Crippen LogP) is 5.50. The molecule has 0 radical (unpaired) electrons. The van der Waals surface area contributed by atoms with Crippen LogP contribution in [0.4, 0.5) is 0 Å². The van der Waals surface area contributed by atoms with Crippen LogP contribution in [-0.2, 0) is 11.3 Å². The summed E-state index contributed by atoms with van der Waals surface area (Å²) in [6, 6.07) is 4.21. The Morgan fingerprint density at radius 2 is 1.97 bits per heavy atom. The summed E-state index contributed by atoms with van der Waals surface area (Å²) < 4.78 is 1.63. The van der Waals surface area contributed by atoms with Crippen LogP contribution in [0.2, 0.25) is 0 Å². The van der Waals surface area contributed by atoms with Crippen molar-refractivity contribution in [1.82, 2.24) is 14.5 Å². The molecule has 0 aromatic carbocycles. The van der Waals surface area contributed by atoms with Gasteiger partial charge in [-0.2, -0.15) is 0 Å². The zero-order valence-corrected chi connectivity index (χ0v) is 20.4. The molecule has 0 spiro atoms. The minimum absolute atomic E-state index is 0.0509. The van der Waals surface area contributed by atoms with Gasteiger partial charge in [0.05, 0.1) is 10.6 Å². The molecule has 3 aromatic rings. The Balaban J connectivity index is 2.04. The lowest BCUT2D eigenvalue weighted by atomic mass is 10.2. The number of allylic oxidation sites excluding steroid dienone is 1. The third-order valence-corrected chi connectivity index (χ3v) is 7.61. The van der Waals surface area contributed by atoms with Crippen molar-refractivity contribution in [3.8, 4) is 10.4 Å². The van der Waals surface area contributed by atoms with Gasteiger partial charge >= 0.3 is 0 Å². The van der Waals surface area contributed by atoms with E-state index in [4.69, 9.17) is 4.98 Å². The van der Waals surface area contributed by atoms with E-state index in [1.807, 2.05) is 62.4 Å². The molecule has 0 aliphatic heterocycles. The summed E-state index contributed by atoms with van der Waals surface area (Å²) in [5, 5.41) is 4.83. The van der Waals surface area contributed by atoms with Gasteiger partial charge in [0.2, 0.25) is 5.91 Å². The van der Waals surface area contributed by atoms with E-state index in [0.717, 1.165) is 10.4 Å². The lowest BCUT2D eigenvalue weighted by Crippen LogP contribution is -2.45. The smallest absolute Gasteiger partial charge is 0.263 e. The summed E-state index contributed by atoms with van der Waals surface area (Å²) >= 11 is 4.41. The first-order valence-electron chi connectivity index (χ1n) is 9.91. The van der Waals surface area contributed by atoms with E-state index in [1.165, 1.54) is 23.1 Å². The molecule has 1 amide bonds. The van der Waals surface area contributed by atoms with Crippen molar-refractivity contribution in [3.63, 3.8) is 0 Å². The normalized spacial score (nSPS) is 12.6. The van der Waals surface area contributed by atoms with Crippen LogP contribution >= 0.6 is 34.4 Å². The molecule has 30 heavy (non-hydrogen) atoms. The van der Waals surface area contributed by atoms with E-state index >= 15 is 0 Å². The average Bonchev–Trinajstić information content (AvgIpc) is 3.33.